The Morgan fingerprint density at radius 1 is 0.960 bits per heavy atom. The van der Waals surface area contributed by atoms with Gasteiger partial charge in [-0.15, -0.1) is 10.1 Å². The van der Waals surface area contributed by atoms with Crippen molar-refractivity contribution in [3.05, 3.63) is 22.3 Å². The molecule has 0 aromatic rings. The second kappa shape index (κ2) is 19.7. The summed E-state index contributed by atoms with van der Waals surface area (Å²) in [7, 11) is 0. The normalized spacial score (nSPS) is 11.9. The van der Waals surface area contributed by atoms with E-state index >= 15 is 0 Å². The minimum atomic E-state index is -1.52. The van der Waals surface area contributed by atoms with Crippen molar-refractivity contribution in [3.63, 3.8) is 0 Å². The van der Waals surface area contributed by atoms with E-state index in [1.807, 2.05) is 0 Å². The van der Waals surface area contributed by atoms with Crippen LogP contribution in [-0.2, 0) is 9.63 Å². The van der Waals surface area contributed by atoms with Crippen LogP contribution in [0.1, 0.15) is 90.4 Å². The zero-order valence-corrected chi connectivity index (χ0v) is 17.9. The van der Waals surface area contributed by atoms with Gasteiger partial charge in [-0.3, -0.25) is 0 Å². The summed E-state index contributed by atoms with van der Waals surface area (Å²) in [4.78, 5) is 24.9. The molecule has 0 saturated carbocycles. The Balaban J connectivity index is 0. The molecule has 1 unspecified atom stereocenters. The minimum absolute atomic E-state index is 0. The summed E-state index contributed by atoms with van der Waals surface area (Å²) < 4.78 is 0. The second-order valence-electron chi connectivity index (χ2n) is 6.16. The minimum Gasteiger partial charge on any atom is -0.548 e. The third-order valence-electron chi connectivity index (χ3n) is 3.95. The fraction of sp³-hybridized carbons (Fsp3) is 0.833. The molecule has 0 fully saturated rings. The molecule has 7 heteroatoms. The van der Waals surface area contributed by atoms with Gasteiger partial charge in [-0.2, -0.15) is 0 Å². The summed E-state index contributed by atoms with van der Waals surface area (Å²) in [5.74, 6) is -1.52. The van der Waals surface area contributed by atoms with Crippen LogP contribution in [0, 0.1) is 10.1 Å². The quantitative estimate of drug-likeness (QED) is 0.126. The van der Waals surface area contributed by atoms with Crippen LogP contribution < -0.4 is 34.7 Å². The Kier molecular flexibility index (Phi) is 21.0. The molecule has 0 rings (SSSR count). The van der Waals surface area contributed by atoms with Crippen molar-refractivity contribution in [2.45, 2.75) is 96.5 Å². The number of hydrogen-bond donors (Lipinski definition) is 0. The fourth-order valence-electron chi connectivity index (χ4n) is 2.54. The smallest absolute Gasteiger partial charge is 0.548 e. The first kappa shape index (κ1) is 26.6. The van der Waals surface area contributed by atoms with Gasteiger partial charge in [-0.1, -0.05) is 70.4 Å². The SMILES string of the molecule is CCCCCCCC/C=C\CCCCCCC(O[N+](=O)[O-])C(=O)[O-].[Na+]. The van der Waals surface area contributed by atoms with Gasteiger partial charge in [0.15, 0.2) is 0 Å². The van der Waals surface area contributed by atoms with Gasteiger partial charge in [0.05, 0.1) is 5.97 Å². The number of unbranched alkanes of at least 4 members (excludes halogenated alkanes) is 10. The summed E-state index contributed by atoms with van der Waals surface area (Å²) in [6, 6.07) is 0. The zero-order chi connectivity index (χ0) is 18.0. The number of hydrogen-bond acceptors (Lipinski definition) is 5. The molecule has 1 atom stereocenters. The summed E-state index contributed by atoms with van der Waals surface area (Å²) in [5, 5.41) is 19.7. The number of carbonyl (C=O) groups is 1. The fourth-order valence-corrected chi connectivity index (χ4v) is 2.54. The van der Waals surface area contributed by atoms with E-state index in [-0.39, 0.29) is 36.0 Å². The molecule has 0 aromatic carbocycles. The van der Waals surface area contributed by atoms with Crippen molar-refractivity contribution in [1.82, 2.24) is 0 Å². The average molecular weight is 365 g/mol. The van der Waals surface area contributed by atoms with Crippen molar-refractivity contribution in [1.29, 1.82) is 0 Å². The Labute approximate surface area is 173 Å². The van der Waals surface area contributed by atoms with Crippen molar-refractivity contribution in [2.75, 3.05) is 0 Å². The summed E-state index contributed by atoms with van der Waals surface area (Å²) in [6.45, 7) is 2.23. The number of carbonyl (C=O) groups excluding carboxylic acids is 1. The number of allylic oxidation sites excluding steroid dienone is 2. The van der Waals surface area contributed by atoms with Crippen molar-refractivity contribution < 1.29 is 49.4 Å². The maximum atomic E-state index is 10.7. The number of rotatable bonds is 17. The summed E-state index contributed by atoms with van der Waals surface area (Å²) in [5.41, 5.74) is 0. The molecule has 0 aliphatic rings. The van der Waals surface area contributed by atoms with E-state index < -0.39 is 17.2 Å². The zero-order valence-electron chi connectivity index (χ0n) is 15.9. The molecule has 0 saturated heterocycles. The first-order valence-electron chi connectivity index (χ1n) is 9.25. The topological polar surface area (TPSA) is 92.5 Å². The molecule has 0 heterocycles. The van der Waals surface area contributed by atoms with Crippen LogP contribution in [0.25, 0.3) is 0 Å². The van der Waals surface area contributed by atoms with Crippen LogP contribution in [0.4, 0.5) is 0 Å². The van der Waals surface area contributed by atoms with Crippen LogP contribution in [0.3, 0.4) is 0 Å². The maximum Gasteiger partial charge on any atom is 1.00 e. The first-order chi connectivity index (χ1) is 11.6. The molecular formula is C18H32NNaO5. The van der Waals surface area contributed by atoms with Gasteiger partial charge < -0.3 is 14.7 Å². The van der Waals surface area contributed by atoms with Crippen LogP contribution in [0.2, 0.25) is 0 Å². The Morgan fingerprint density at radius 3 is 1.92 bits per heavy atom. The second-order valence-corrected chi connectivity index (χ2v) is 6.16. The monoisotopic (exact) mass is 365 g/mol. The van der Waals surface area contributed by atoms with Gasteiger partial charge in [0.25, 0.3) is 5.09 Å². The molecular weight excluding hydrogens is 333 g/mol. The molecule has 0 bridgehead atoms. The molecule has 6 nitrogen and oxygen atoms in total. The van der Waals surface area contributed by atoms with E-state index in [1.165, 1.54) is 38.5 Å². The van der Waals surface area contributed by atoms with Crippen LogP contribution in [0.5, 0.6) is 0 Å². The predicted octanol–water partition coefficient (Wildman–Crippen LogP) is 0.965. The van der Waals surface area contributed by atoms with Gasteiger partial charge >= 0.3 is 29.6 Å². The number of aliphatic carboxylic acids is 1. The van der Waals surface area contributed by atoms with E-state index in [9.17, 15) is 20.0 Å². The molecule has 0 amide bonds. The van der Waals surface area contributed by atoms with Gasteiger partial charge in [0.2, 0.25) is 0 Å². The van der Waals surface area contributed by atoms with Crippen LogP contribution in [-0.4, -0.2) is 17.2 Å². The van der Waals surface area contributed by atoms with E-state index in [1.54, 1.807) is 0 Å². The Bertz CT molecular complexity index is 363. The Morgan fingerprint density at radius 2 is 1.44 bits per heavy atom. The van der Waals surface area contributed by atoms with Crippen LogP contribution in [0.15, 0.2) is 12.2 Å². The van der Waals surface area contributed by atoms with E-state index in [2.05, 4.69) is 23.9 Å². The van der Waals surface area contributed by atoms with Crippen LogP contribution >= 0.6 is 0 Å². The molecule has 0 aromatic heterocycles. The van der Waals surface area contributed by atoms with Gasteiger partial charge in [-0.25, -0.2) is 0 Å². The van der Waals surface area contributed by atoms with Crippen molar-refractivity contribution in [2.24, 2.45) is 0 Å². The van der Waals surface area contributed by atoms with Gasteiger partial charge in [0, 0.05) is 0 Å². The summed E-state index contributed by atoms with van der Waals surface area (Å²) >= 11 is 0. The van der Waals surface area contributed by atoms with E-state index in [4.69, 9.17) is 0 Å². The predicted molar refractivity (Wildman–Crippen MR) is 91.7 cm³/mol. The molecule has 140 valence electrons. The molecule has 0 aliphatic heterocycles. The third kappa shape index (κ3) is 19.6. The molecule has 0 aliphatic carbocycles. The first-order valence-corrected chi connectivity index (χ1v) is 9.25. The number of nitrogens with zero attached hydrogens (tertiary/aromatic N) is 1. The van der Waals surface area contributed by atoms with Crippen molar-refractivity contribution >= 4 is 5.97 Å². The van der Waals surface area contributed by atoms with Crippen molar-refractivity contribution in [3.8, 4) is 0 Å². The van der Waals surface area contributed by atoms with E-state index in [0.29, 0.717) is 6.42 Å². The molecule has 0 N–H and O–H groups in total. The maximum absolute atomic E-state index is 10.7. The Hall–Kier alpha value is -0.590. The number of carboxylic acid groups (broad SMARTS) is 1. The van der Waals surface area contributed by atoms with Gasteiger partial charge in [0.1, 0.15) is 6.10 Å². The third-order valence-corrected chi connectivity index (χ3v) is 3.95. The van der Waals surface area contributed by atoms with Gasteiger partial charge in [-0.05, 0) is 32.1 Å². The largest absolute Gasteiger partial charge is 1.00 e. The molecule has 25 heavy (non-hydrogen) atoms. The standard InChI is InChI=1S/C18H33NO5.Na/c1-2-3-4-5-6-7-8-9-10-11-12-13-14-15-16-17(18(20)21)24-19(22)23;/h9-10,17H,2-8,11-16H2,1H3,(H,20,21);/q;+1/p-1/b10-9-;. The molecule has 0 spiro atoms. The summed E-state index contributed by atoms with van der Waals surface area (Å²) in [6.07, 6.45) is 16.7. The molecule has 0 radical (unpaired) electrons. The van der Waals surface area contributed by atoms with E-state index in [0.717, 1.165) is 32.1 Å². The number of carboxylic acids is 1. The average Bonchev–Trinajstić information content (AvgIpc) is 2.53.